The molecule has 1 N–H and O–H groups in total. The summed E-state index contributed by atoms with van der Waals surface area (Å²) in [6.45, 7) is 15.8. The van der Waals surface area contributed by atoms with Crippen molar-refractivity contribution in [3.63, 3.8) is 0 Å². The summed E-state index contributed by atoms with van der Waals surface area (Å²) in [7, 11) is 0. The first-order chi connectivity index (χ1) is 8.79. The summed E-state index contributed by atoms with van der Waals surface area (Å²) < 4.78 is 2.02. The minimum Gasteiger partial charge on any atom is -0.310 e. The zero-order valence-electron chi connectivity index (χ0n) is 13.0. The highest BCUT2D eigenvalue weighted by molar-refractivity contribution is 4.96. The Bertz CT molecular complexity index is 389. The predicted octanol–water partition coefficient (Wildman–Crippen LogP) is 1.98. The molecule has 1 atom stereocenters. The molecule has 4 nitrogen and oxygen atoms in total. The van der Waals surface area contributed by atoms with Crippen molar-refractivity contribution in [2.24, 2.45) is 5.41 Å². The first kappa shape index (κ1) is 14.5. The Labute approximate surface area is 117 Å². The van der Waals surface area contributed by atoms with E-state index in [1.807, 2.05) is 23.1 Å². The normalized spacial score (nSPS) is 24.6. The molecule has 4 heteroatoms. The van der Waals surface area contributed by atoms with E-state index in [0.717, 1.165) is 26.2 Å². The van der Waals surface area contributed by atoms with Gasteiger partial charge in [-0.05, 0) is 25.3 Å². The third kappa shape index (κ3) is 3.57. The lowest BCUT2D eigenvalue weighted by molar-refractivity contribution is 0.0327. The number of aromatic nitrogens is 2. The molecule has 0 aliphatic carbocycles. The van der Waals surface area contributed by atoms with Gasteiger partial charge in [0.2, 0.25) is 0 Å². The number of rotatable bonds is 3. The Hall–Kier alpha value is -0.870. The van der Waals surface area contributed by atoms with Crippen molar-refractivity contribution in [2.75, 3.05) is 19.6 Å². The number of nitrogens with one attached hydrogen (secondary N) is 1. The second-order valence-corrected chi connectivity index (χ2v) is 7.33. The molecule has 2 rings (SSSR count). The van der Waals surface area contributed by atoms with E-state index in [1.165, 1.54) is 0 Å². The predicted molar refractivity (Wildman–Crippen MR) is 79.1 cm³/mol. The van der Waals surface area contributed by atoms with E-state index < -0.39 is 0 Å². The lowest BCUT2D eigenvalue weighted by atomic mass is 9.83. The van der Waals surface area contributed by atoms with Crippen molar-refractivity contribution in [3.8, 4) is 0 Å². The van der Waals surface area contributed by atoms with Gasteiger partial charge in [-0.25, -0.2) is 0 Å². The molecule has 0 amide bonds. The fourth-order valence-electron chi connectivity index (χ4n) is 2.65. The molecule has 0 spiro atoms. The third-order valence-corrected chi connectivity index (χ3v) is 4.24. The molecule has 0 radical (unpaired) electrons. The van der Waals surface area contributed by atoms with Crippen LogP contribution in [-0.4, -0.2) is 45.9 Å². The second-order valence-electron chi connectivity index (χ2n) is 7.33. The number of nitrogens with zero attached hydrogens (tertiary/aromatic N) is 3. The molecule has 1 aliphatic rings. The van der Waals surface area contributed by atoms with Gasteiger partial charge >= 0.3 is 0 Å². The highest BCUT2D eigenvalue weighted by atomic mass is 15.3. The summed E-state index contributed by atoms with van der Waals surface area (Å²) in [5, 5.41) is 8.00. The molecule has 0 aromatic carbocycles. The molecule has 1 aliphatic heterocycles. The van der Waals surface area contributed by atoms with E-state index in [-0.39, 0.29) is 5.54 Å². The van der Waals surface area contributed by atoms with Gasteiger partial charge in [-0.3, -0.25) is 9.58 Å². The molecule has 1 aromatic rings. The lowest BCUT2D eigenvalue weighted by Crippen LogP contribution is -2.65. The van der Waals surface area contributed by atoms with Crippen LogP contribution in [0.1, 0.15) is 34.6 Å². The lowest BCUT2D eigenvalue weighted by Gasteiger charge is -2.49. The summed E-state index contributed by atoms with van der Waals surface area (Å²) in [6.07, 6.45) is 3.89. The standard InChI is InChI=1S/C15H28N4/c1-14(2,3)13-11-18(15(4,5)12-16-13)9-10-19-8-6-7-17-19/h6-8,13,16H,9-12H2,1-5H3. The summed E-state index contributed by atoms with van der Waals surface area (Å²) >= 11 is 0. The van der Waals surface area contributed by atoms with Gasteiger partial charge in [0, 0.05) is 43.6 Å². The average molecular weight is 264 g/mol. The van der Waals surface area contributed by atoms with Crippen LogP contribution in [0.15, 0.2) is 18.5 Å². The van der Waals surface area contributed by atoms with E-state index in [9.17, 15) is 0 Å². The maximum Gasteiger partial charge on any atom is 0.0536 e. The molecule has 1 fully saturated rings. The maximum absolute atomic E-state index is 4.29. The van der Waals surface area contributed by atoms with Crippen LogP contribution in [-0.2, 0) is 6.54 Å². The second kappa shape index (κ2) is 5.25. The van der Waals surface area contributed by atoms with Crippen molar-refractivity contribution in [2.45, 2.75) is 52.7 Å². The smallest absolute Gasteiger partial charge is 0.0536 e. The van der Waals surface area contributed by atoms with E-state index >= 15 is 0 Å². The number of piperazine rings is 1. The van der Waals surface area contributed by atoms with Gasteiger partial charge in [-0.1, -0.05) is 20.8 Å². The Kier molecular flexibility index (Phi) is 4.02. The molecular weight excluding hydrogens is 236 g/mol. The van der Waals surface area contributed by atoms with Crippen LogP contribution >= 0.6 is 0 Å². The Morgan fingerprint density at radius 2 is 2.05 bits per heavy atom. The molecule has 1 unspecified atom stereocenters. The van der Waals surface area contributed by atoms with Crippen LogP contribution in [0.2, 0.25) is 0 Å². The summed E-state index contributed by atoms with van der Waals surface area (Å²) in [6, 6.07) is 2.54. The van der Waals surface area contributed by atoms with Crippen molar-refractivity contribution >= 4 is 0 Å². The van der Waals surface area contributed by atoms with Crippen LogP contribution in [0.3, 0.4) is 0 Å². The Morgan fingerprint density at radius 1 is 1.32 bits per heavy atom. The van der Waals surface area contributed by atoms with Crippen molar-refractivity contribution in [1.82, 2.24) is 20.0 Å². The zero-order chi connectivity index (χ0) is 14.1. The highest BCUT2D eigenvalue weighted by Gasteiger charge is 2.37. The monoisotopic (exact) mass is 264 g/mol. The molecule has 1 aromatic heterocycles. The van der Waals surface area contributed by atoms with Crippen LogP contribution in [0.5, 0.6) is 0 Å². The molecule has 2 heterocycles. The molecule has 108 valence electrons. The van der Waals surface area contributed by atoms with E-state index in [0.29, 0.717) is 11.5 Å². The van der Waals surface area contributed by atoms with E-state index in [4.69, 9.17) is 0 Å². The quantitative estimate of drug-likeness (QED) is 0.906. The van der Waals surface area contributed by atoms with Gasteiger partial charge in [0.1, 0.15) is 0 Å². The molecule has 0 bridgehead atoms. The maximum atomic E-state index is 4.29. The van der Waals surface area contributed by atoms with Gasteiger partial charge in [-0.2, -0.15) is 5.10 Å². The van der Waals surface area contributed by atoms with Gasteiger partial charge in [0.15, 0.2) is 0 Å². The largest absolute Gasteiger partial charge is 0.310 e. The van der Waals surface area contributed by atoms with Crippen LogP contribution in [0.4, 0.5) is 0 Å². The van der Waals surface area contributed by atoms with Gasteiger partial charge in [0.25, 0.3) is 0 Å². The average Bonchev–Trinajstić information content (AvgIpc) is 2.78. The summed E-state index contributed by atoms with van der Waals surface area (Å²) in [5.74, 6) is 0. The van der Waals surface area contributed by atoms with Gasteiger partial charge < -0.3 is 5.32 Å². The Morgan fingerprint density at radius 3 is 2.63 bits per heavy atom. The first-order valence-corrected chi connectivity index (χ1v) is 7.25. The highest BCUT2D eigenvalue weighted by Crippen LogP contribution is 2.27. The SMILES string of the molecule is CC(C)(C)C1CN(CCn2cccn2)C(C)(C)CN1. The number of hydrogen-bond acceptors (Lipinski definition) is 3. The summed E-state index contributed by atoms with van der Waals surface area (Å²) in [4.78, 5) is 2.60. The van der Waals surface area contributed by atoms with Crippen LogP contribution < -0.4 is 5.32 Å². The van der Waals surface area contributed by atoms with Crippen molar-refractivity contribution in [3.05, 3.63) is 18.5 Å². The molecule has 19 heavy (non-hydrogen) atoms. The minimum atomic E-state index is 0.217. The molecule has 1 saturated heterocycles. The zero-order valence-corrected chi connectivity index (χ0v) is 13.0. The number of hydrogen-bond donors (Lipinski definition) is 1. The van der Waals surface area contributed by atoms with E-state index in [1.54, 1.807) is 0 Å². The Balaban J connectivity index is 1.98. The van der Waals surface area contributed by atoms with Gasteiger partial charge in [-0.15, -0.1) is 0 Å². The first-order valence-electron chi connectivity index (χ1n) is 7.25. The van der Waals surface area contributed by atoms with Crippen molar-refractivity contribution in [1.29, 1.82) is 0 Å². The summed E-state index contributed by atoms with van der Waals surface area (Å²) in [5.41, 5.74) is 0.523. The van der Waals surface area contributed by atoms with Crippen molar-refractivity contribution < 1.29 is 0 Å². The van der Waals surface area contributed by atoms with Crippen LogP contribution in [0, 0.1) is 5.41 Å². The minimum absolute atomic E-state index is 0.217. The fraction of sp³-hybridized carbons (Fsp3) is 0.800. The van der Waals surface area contributed by atoms with E-state index in [2.05, 4.69) is 49.9 Å². The topological polar surface area (TPSA) is 33.1 Å². The van der Waals surface area contributed by atoms with Crippen LogP contribution in [0.25, 0.3) is 0 Å². The fourth-order valence-corrected chi connectivity index (χ4v) is 2.65. The van der Waals surface area contributed by atoms with Gasteiger partial charge in [0.05, 0.1) is 6.54 Å². The molecule has 0 saturated carbocycles. The third-order valence-electron chi connectivity index (χ3n) is 4.24. The molecular formula is C15H28N4.